The number of H-pyrrole nitrogens is 1. The van der Waals surface area contributed by atoms with Crippen LogP contribution in [0.2, 0.25) is 0 Å². The van der Waals surface area contributed by atoms with Gasteiger partial charge in [-0.05, 0) is 18.8 Å². The van der Waals surface area contributed by atoms with Gasteiger partial charge in [0, 0.05) is 38.4 Å². The van der Waals surface area contributed by atoms with E-state index in [9.17, 15) is 0 Å². The molecule has 26 heavy (non-hydrogen) atoms. The highest BCUT2D eigenvalue weighted by molar-refractivity contribution is 5.82. The topological polar surface area (TPSA) is 87.6 Å². The van der Waals surface area contributed by atoms with Gasteiger partial charge in [-0.3, -0.25) is 0 Å². The van der Waals surface area contributed by atoms with Gasteiger partial charge in [0.05, 0.1) is 18.3 Å². The standard InChI is InChI=1S/C18H26N8/c1-13(2)9-26-12-19-7-15(26)8-20-14-3-5-25(6-4-14)18-16-17(22-10-21-16)23-11-24-18/h7,10-14,20H,3-6,8-9H2,1-2H3,(H,21,22,23,24). The third-order valence-corrected chi connectivity index (χ3v) is 4.93. The Bertz CT molecular complexity index is 844. The molecule has 3 aromatic heterocycles. The molecule has 0 bridgehead atoms. The molecular formula is C18H26N8. The van der Waals surface area contributed by atoms with Gasteiger partial charge in [-0.25, -0.2) is 19.9 Å². The molecule has 1 aliphatic heterocycles. The summed E-state index contributed by atoms with van der Waals surface area (Å²) in [5.74, 6) is 1.58. The van der Waals surface area contributed by atoms with Crippen LogP contribution in [0.3, 0.4) is 0 Å². The van der Waals surface area contributed by atoms with E-state index in [0.29, 0.717) is 12.0 Å². The number of anilines is 1. The number of imidazole rings is 2. The Kier molecular flexibility index (Phi) is 4.83. The lowest BCUT2D eigenvalue weighted by Crippen LogP contribution is -2.42. The Labute approximate surface area is 153 Å². The van der Waals surface area contributed by atoms with Crippen LogP contribution in [0.4, 0.5) is 5.82 Å². The average Bonchev–Trinajstić information content (AvgIpc) is 3.29. The molecule has 0 aliphatic carbocycles. The second kappa shape index (κ2) is 7.41. The molecule has 0 radical (unpaired) electrons. The minimum absolute atomic E-state index is 0.521. The van der Waals surface area contributed by atoms with Gasteiger partial charge < -0.3 is 19.8 Å². The van der Waals surface area contributed by atoms with E-state index in [1.807, 2.05) is 12.5 Å². The minimum atomic E-state index is 0.521. The predicted octanol–water partition coefficient (Wildman–Crippen LogP) is 1.96. The van der Waals surface area contributed by atoms with Crippen molar-refractivity contribution in [3.05, 3.63) is 30.9 Å². The van der Waals surface area contributed by atoms with Crippen molar-refractivity contribution in [1.82, 2.24) is 34.8 Å². The summed E-state index contributed by atoms with van der Waals surface area (Å²) < 4.78 is 2.25. The number of fused-ring (bicyclic) bond motifs is 1. The van der Waals surface area contributed by atoms with E-state index in [2.05, 4.69) is 53.6 Å². The van der Waals surface area contributed by atoms with Crippen LogP contribution in [0.1, 0.15) is 32.4 Å². The Morgan fingerprint density at radius 3 is 2.88 bits per heavy atom. The van der Waals surface area contributed by atoms with Crippen molar-refractivity contribution in [3.63, 3.8) is 0 Å². The fourth-order valence-corrected chi connectivity index (χ4v) is 3.59. The third kappa shape index (κ3) is 3.55. The van der Waals surface area contributed by atoms with Gasteiger partial charge in [0.15, 0.2) is 11.5 Å². The van der Waals surface area contributed by atoms with E-state index in [4.69, 9.17) is 0 Å². The summed E-state index contributed by atoms with van der Waals surface area (Å²) in [4.78, 5) is 22.7. The highest BCUT2D eigenvalue weighted by atomic mass is 15.2. The van der Waals surface area contributed by atoms with Crippen molar-refractivity contribution in [3.8, 4) is 0 Å². The van der Waals surface area contributed by atoms with Crippen molar-refractivity contribution < 1.29 is 0 Å². The monoisotopic (exact) mass is 354 g/mol. The van der Waals surface area contributed by atoms with Crippen molar-refractivity contribution in [1.29, 1.82) is 0 Å². The molecule has 4 heterocycles. The van der Waals surface area contributed by atoms with Gasteiger partial charge in [0.25, 0.3) is 0 Å². The Balaban J connectivity index is 1.33. The Morgan fingerprint density at radius 1 is 1.23 bits per heavy atom. The summed E-state index contributed by atoms with van der Waals surface area (Å²) in [6, 6.07) is 0.521. The van der Waals surface area contributed by atoms with Gasteiger partial charge in [-0.2, -0.15) is 0 Å². The zero-order valence-corrected chi connectivity index (χ0v) is 15.4. The average molecular weight is 354 g/mol. The molecule has 0 unspecified atom stereocenters. The first-order chi connectivity index (χ1) is 12.7. The smallest absolute Gasteiger partial charge is 0.182 e. The predicted molar refractivity (Wildman–Crippen MR) is 101 cm³/mol. The molecule has 0 atom stereocenters. The molecule has 1 saturated heterocycles. The van der Waals surface area contributed by atoms with E-state index in [1.165, 1.54) is 5.69 Å². The van der Waals surface area contributed by atoms with Crippen molar-refractivity contribution in [2.75, 3.05) is 18.0 Å². The molecule has 4 rings (SSSR count). The number of piperidine rings is 1. The molecular weight excluding hydrogens is 328 g/mol. The second-order valence-corrected chi connectivity index (χ2v) is 7.37. The highest BCUT2D eigenvalue weighted by Crippen LogP contribution is 2.23. The van der Waals surface area contributed by atoms with Gasteiger partial charge >= 0.3 is 0 Å². The van der Waals surface area contributed by atoms with Crippen molar-refractivity contribution in [2.45, 2.75) is 45.8 Å². The molecule has 8 heteroatoms. The van der Waals surface area contributed by atoms with Crippen LogP contribution < -0.4 is 10.2 Å². The van der Waals surface area contributed by atoms with Gasteiger partial charge in [-0.15, -0.1) is 0 Å². The largest absolute Gasteiger partial charge is 0.355 e. The molecule has 0 amide bonds. The molecule has 2 N–H and O–H groups in total. The number of rotatable bonds is 6. The molecule has 0 aromatic carbocycles. The lowest BCUT2D eigenvalue weighted by molar-refractivity contribution is 0.404. The quantitative estimate of drug-likeness (QED) is 0.704. The second-order valence-electron chi connectivity index (χ2n) is 7.37. The Hall–Kier alpha value is -2.48. The maximum Gasteiger partial charge on any atom is 0.182 e. The van der Waals surface area contributed by atoms with Crippen molar-refractivity contribution >= 4 is 17.0 Å². The first kappa shape index (κ1) is 17.0. The number of hydrogen-bond acceptors (Lipinski definition) is 6. The normalized spacial score (nSPS) is 16.0. The summed E-state index contributed by atoms with van der Waals surface area (Å²) >= 11 is 0. The molecule has 3 aromatic rings. The number of hydrogen-bond donors (Lipinski definition) is 2. The van der Waals surface area contributed by atoms with Crippen LogP contribution >= 0.6 is 0 Å². The molecule has 0 spiro atoms. The number of aromatic nitrogens is 6. The zero-order valence-electron chi connectivity index (χ0n) is 15.4. The van der Waals surface area contributed by atoms with E-state index < -0.39 is 0 Å². The van der Waals surface area contributed by atoms with Crippen LogP contribution in [-0.2, 0) is 13.1 Å². The number of nitrogens with zero attached hydrogens (tertiary/aromatic N) is 6. The summed E-state index contributed by atoms with van der Waals surface area (Å²) in [6.07, 6.45) is 9.37. The van der Waals surface area contributed by atoms with Crippen molar-refractivity contribution in [2.24, 2.45) is 5.92 Å². The SMILES string of the molecule is CC(C)Cn1cncc1CNC1CCN(c2ncnc3nc[nH]c23)CC1. The summed E-state index contributed by atoms with van der Waals surface area (Å²) in [7, 11) is 0. The van der Waals surface area contributed by atoms with Gasteiger partial charge in [-0.1, -0.05) is 13.8 Å². The minimum Gasteiger partial charge on any atom is -0.355 e. The molecule has 8 nitrogen and oxygen atoms in total. The first-order valence-electron chi connectivity index (χ1n) is 9.32. The lowest BCUT2D eigenvalue weighted by atomic mass is 10.0. The first-order valence-corrected chi connectivity index (χ1v) is 9.32. The van der Waals surface area contributed by atoms with E-state index >= 15 is 0 Å². The molecule has 1 aliphatic rings. The highest BCUT2D eigenvalue weighted by Gasteiger charge is 2.22. The fourth-order valence-electron chi connectivity index (χ4n) is 3.59. The van der Waals surface area contributed by atoms with Crippen LogP contribution in [0.5, 0.6) is 0 Å². The van der Waals surface area contributed by atoms with E-state index in [-0.39, 0.29) is 0 Å². The lowest BCUT2D eigenvalue weighted by Gasteiger charge is -2.33. The summed E-state index contributed by atoms with van der Waals surface area (Å²) in [5, 5.41) is 3.70. The molecule has 1 fully saturated rings. The maximum atomic E-state index is 4.47. The number of nitrogens with one attached hydrogen (secondary N) is 2. The fraction of sp³-hybridized carbons (Fsp3) is 0.556. The van der Waals surface area contributed by atoms with Gasteiger partial charge in [0.1, 0.15) is 11.8 Å². The van der Waals surface area contributed by atoms with E-state index in [0.717, 1.165) is 56.0 Å². The van der Waals surface area contributed by atoms with Crippen LogP contribution in [0.15, 0.2) is 25.2 Å². The van der Waals surface area contributed by atoms with Crippen LogP contribution in [0.25, 0.3) is 11.2 Å². The zero-order chi connectivity index (χ0) is 17.9. The molecule has 138 valence electrons. The summed E-state index contributed by atoms with van der Waals surface area (Å²) in [5.41, 5.74) is 2.92. The number of aromatic amines is 1. The summed E-state index contributed by atoms with van der Waals surface area (Å²) in [6.45, 7) is 8.31. The van der Waals surface area contributed by atoms with Crippen LogP contribution in [0, 0.1) is 5.92 Å². The third-order valence-electron chi connectivity index (χ3n) is 4.93. The Morgan fingerprint density at radius 2 is 2.08 bits per heavy atom. The van der Waals surface area contributed by atoms with E-state index in [1.54, 1.807) is 12.7 Å². The van der Waals surface area contributed by atoms with Gasteiger partial charge in [0.2, 0.25) is 0 Å². The molecule has 0 saturated carbocycles. The van der Waals surface area contributed by atoms with Crippen LogP contribution in [-0.4, -0.2) is 48.6 Å². The maximum absolute atomic E-state index is 4.47.